The fourth-order valence-electron chi connectivity index (χ4n) is 2.52. The first-order valence-electron chi connectivity index (χ1n) is 8.00. The zero-order valence-corrected chi connectivity index (χ0v) is 15.6. The molecule has 1 aliphatic rings. The lowest BCUT2D eigenvalue weighted by molar-refractivity contribution is -0.937. The Morgan fingerprint density at radius 1 is 0.955 bits per heavy atom. The van der Waals surface area contributed by atoms with Gasteiger partial charge in [-0.25, -0.2) is 4.79 Å². The molecule has 0 bridgehead atoms. The van der Waals surface area contributed by atoms with E-state index in [2.05, 4.69) is 35.2 Å². The Morgan fingerprint density at radius 2 is 1.50 bits per heavy atom. The second-order valence-corrected chi connectivity index (χ2v) is 8.61. The molecule has 1 fully saturated rings. The average molecular weight is 314 g/mol. The van der Waals surface area contributed by atoms with Gasteiger partial charge < -0.3 is 13.9 Å². The number of hydrogen-bond acceptors (Lipinski definition) is 2. The summed E-state index contributed by atoms with van der Waals surface area (Å²) in [7, 11) is 12.7. The summed E-state index contributed by atoms with van der Waals surface area (Å²) >= 11 is 0. The van der Waals surface area contributed by atoms with Crippen LogP contribution in [0.25, 0.3) is 0 Å². The van der Waals surface area contributed by atoms with Crippen LogP contribution in [-0.4, -0.2) is 105 Å². The zero-order chi connectivity index (χ0) is 17.3. The number of rotatable bonds is 7. The molecule has 1 heterocycles. The summed E-state index contributed by atoms with van der Waals surface area (Å²) in [6.45, 7) is 7.25. The van der Waals surface area contributed by atoms with Crippen molar-refractivity contribution in [3.8, 4) is 0 Å². The number of quaternary nitrogens is 2. The maximum atomic E-state index is 12.3. The number of nitrogens with zero attached hydrogens (tertiary/aromatic N) is 4. The summed E-state index contributed by atoms with van der Waals surface area (Å²) < 4.78 is 1.86. The SMILES string of the molecule is CN1C(=O)N(CCC[N+](C)(C)CC[N+](C)(C)C)C(=O)C1(C)C. The van der Waals surface area contributed by atoms with E-state index in [9.17, 15) is 9.59 Å². The highest BCUT2D eigenvalue weighted by Crippen LogP contribution is 2.25. The molecule has 0 spiro atoms. The molecule has 0 atom stereocenters. The van der Waals surface area contributed by atoms with Crippen molar-refractivity contribution in [2.24, 2.45) is 0 Å². The Morgan fingerprint density at radius 3 is 1.91 bits per heavy atom. The maximum absolute atomic E-state index is 12.3. The van der Waals surface area contributed by atoms with Crippen LogP contribution >= 0.6 is 0 Å². The minimum absolute atomic E-state index is 0.0864. The number of hydrogen-bond donors (Lipinski definition) is 0. The first-order valence-corrected chi connectivity index (χ1v) is 8.00. The van der Waals surface area contributed by atoms with E-state index in [1.54, 1.807) is 20.9 Å². The predicted octanol–water partition coefficient (Wildman–Crippen LogP) is 0.832. The Balaban J connectivity index is 2.50. The van der Waals surface area contributed by atoms with E-state index in [4.69, 9.17) is 0 Å². The van der Waals surface area contributed by atoms with Gasteiger partial charge in [0.1, 0.15) is 18.6 Å². The summed E-state index contributed by atoms with van der Waals surface area (Å²) in [6, 6.07) is -0.174. The molecular formula is C16H34N4O2+2. The molecule has 0 radical (unpaired) electrons. The van der Waals surface area contributed by atoms with Gasteiger partial charge in [0, 0.05) is 20.0 Å². The Labute approximate surface area is 135 Å². The fourth-order valence-corrected chi connectivity index (χ4v) is 2.52. The van der Waals surface area contributed by atoms with E-state index < -0.39 is 5.54 Å². The third-order valence-electron chi connectivity index (χ3n) is 4.65. The van der Waals surface area contributed by atoms with Gasteiger partial charge in [0.2, 0.25) is 0 Å². The van der Waals surface area contributed by atoms with E-state index in [0.717, 1.165) is 35.0 Å². The minimum Gasteiger partial charge on any atom is -0.326 e. The van der Waals surface area contributed by atoms with Gasteiger partial charge in [-0.2, -0.15) is 0 Å². The van der Waals surface area contributed by atoms with E-state index in [1.165, 1.54) is 9.80 Å². The fraction of sp³-hybridized carbons (Fsp3) is 0.875. The molecule has 0 aromatic carbocycles. The lowest BCUT2D eigenvalue weighted by atomic mass is 10.1. The highest BCUT2D eigenvalue weighted by Gasteiger charge is 2.48. The van der Waals surface area contributed by atoms with Crippen LogP contribution in [0.3, 0.4) is 0 Å². The molecule has 0 aliphatic carbocycles. The van der Waals surface area contributed by atoms with Crippen molar-refractivity contribution in [3.63, 3.8) is 0 Å². The first-order chi connectivity index (χ1) is 9.78. The van der Waals surface area contributed by atoms with E-state index >= 15 is 0 Å². The van der Waals surface area contributed by atoms with Gasteiger partial charge in [-0.1, -0.05) is 0 Å². The number of likely N-dealkylation sites (N-methyl/N-ethyl adjacent to an activating group) is 3. The number of urea groups is 1. The maximum Gasteiger partial charge on any atom is 0.327 e. The molecule has 1 aliphatic heterocycles. The molecule has 0 N–H and O–H groups in total. The molecule has 6 heteroatoms. The molecule has 22 heavy (non-hydrogen) atoms. The topological polar surface area (TPSA) is 40.6 Å². The summed E-state index contributed by atoms with van der Waals surface area (Å²) in [5, 5.41) is 0. The third-order valence-corrected chi connectivity index (χ3v) is 4.65. The average Bonchev–Trinajstić information content (AvgIpc) is 2.50. The molecule has 6 nitrogen and oxygen atoms in total. The standard InChI is InChI=1S/C16H34N4O2/c1-16(2)14(21)18(15(22)17(16)3)10-9-11-20(7,8)13-12-19(4,5)6/h9-13H2,1-8H3/q+2. The summed E-state index contributed by atoms with van der Waals surface area (Å²) in [5.41, 5.74) is -0.717. The van der Waals surface area contributed by atoms with Crippen molar-refractivity contribution < 1.29 is 18.6 Å². The van der Waals surface area contributed by atoms with Gasteiger partial charge in [-0.15, -0.1) is 0 Å². The normalized spacial score (nSPS) is 19.3. The molecule has 3 amide bonds. The summed E-state index contributed by atoms with van der Waals surface area (Å²) in [6.07, 6.45) is 0.839. The monoisotopic (exact) mass is 314 g/mol. The van der Waals surface area contributed by atoms with Crippen LogP contribution in [0.2, 0.25) is 0 Å². The molecule has 0 aromatic heterocycles. The van der Waals surface area contributed by atoms with Gasteiger partial charge in [0.25, 0.3) is 5.91 Å². The van der Waals surface area contributed by atoms with Crippen LogP contribution < -0.4 is 0 Å². The highest BCUT2D eigenvalue weighted by atomic mass is 16.2. The predicted molar refractivity (Wildman–Crippen MR) is 88.3 cm³/mol. The third kappa shape index (κ3) is 4.43. The number of amides is 3. The van der Waals surface area contributed by atoms with Crippen LogP contribution in [0.4, 0.5) is 4.79 Å². The van der Waals surface area contributed by atoms with E-state index in [1.807, 2.05) is 0 Å². The minimum atomic E-state index is -0.717. The molecule has 0 saturated carbocycles. The second kappa shape index (κ2) is 6.16. The zero-order valence-electron chi connectivity index (χ0n) is 15.6. The quantitative estimate of drug-likeness (QED) is 0.516. The van der Waals surface area contributed by atoms with Crippen molar-refractivity contribution in [3.05, 3.63) is 0 Å². The van der Waals surface area contributed by atoms with Crippen LogP contribution in [0, 0.1) is 0 Å². The highest BCUT2D eigenvalue weighted by molar-refractivity contribution is 6.06. The van der Waals surface area contributed by atoms with Crippen molar-refractivity contribution >= 4 is 11.9 Å². The van der Waals surface area contributed by atoms with Gasteiger partial charge in [0.05, 0.1) is 41.8 Å². The number of carbonyl (C=O) groups excluding carboxylic acids is 2. The Bertz CT molecular complexity index is 438. The van der Waals surface area contributed by atoms with Gasteiger partial charge in [-0.3, -0.25) is 9.69 Å². The smallest absolute Gasteiger partial charge is 0.326 e. The first kappa shape index (κ1) is 18.9. The van der Waals surface area contributed by atoms with Crippen molar-refractivity contribution in [2.75, 3.05) is 68.5 Å². The molecule has 1 saturated heterocycles. The number of imide groups is 1. The lowest BCUT2D eigenvalue weighted by Gasteiger charge is -2.33. The second-order valence-electron chi connectivity index (χ2n) is 8.61. The van der Waals surface area contributed by atoms with Crippen LogP contribution in [0.1, 0.15) is 20.3 Å². The molecule has 128 valence electrons. The molecule has 1 rings (SSSR count). The number of carbonyl (C=O) groups is 2. The largest absolute Gasteiger partial charge is 0.327 e. The van der Waals surface area contributed by atoms with E-state index in [0.29, 0.717) is 6.54 Å². The van der Waals surface area contributed by atoms with Gasteiger partial charge in [0.15, 0.2) is 0 Å². The Kier molecular flexibility index (Phi) is 5.30. The van der Waals surface area contributed by atoms with E-state index in [-0.39, 0.29) is 11.9 Å². The molecule has 0 unspecified atom stereocenters. The van der Waals surface area contributed by atoms with Crippen molar-refractivity contribution in [1.29, 1.82) is 0 Å². The van der Waals surface area contributed by atoms with Crippen molar-refractivity contribution in [2.45, 2.75) is 25.8 Å². The van der Waals surface area contributed by atoms with Crippen molar-refractivity contribution in [1.82, 2.24) is 9.80 Å². The molecular weight excluding hydrogens is 280 g/mol. The van der Waals surface area contributed by atoms with Crippen LogP contribution in [-0.2, 0) is 4.79 Å². The summed E-state index contributed by atoms with van der Waals surface area (Å²) in [4.78, 5) is 27.4. The lowest BCUT2D eigenvalue weighted by Crippen LogP contribution is -2.50. The molecule has 0 aromatic rings. The summed E-state index contributed by atoms with van der Waals surface area (Å²) in [5.74, 6) is -0.0864. The van der Waals surface area contributed by atoms with Crippen LogP contribution in [0.15, 0.2) is 0 Å². The van der Waals surface area contributed by atoms with Crippen LogP contribution in [0.5, 0.6) is 0 Å². The Hall–Kier alpha value is -1.14. The van der Waals surface area contributed by atoms with Gasteiger partial charge >= 0.3 is 6.03 Å². The van der Waals surface area contributed by atoms with Gasteiger partial charge in [-0.05, 0) is 13.8 Å².